The average molecular weight is 290 g/mol. The smallest absolute Gasteiger partial charge is 0.262 e. The minimum Gasteiger partial charge on any atom is -0.369 e. The molecule has 1 fully saturated rings. The predicted octanol–water partition coefficient (Wildman–Crippen LogP) is -0.502. The molecule has 3 heterocycles. The number of aromatic amines is 2. The van der Waals surface area contributed by atoms with Crippen molar-refractivity contribution in [3.63, 3.8) is 0 Å². The summed E-state index contributed by atoms with van der Waals surface area (Å²) < 4.78 is 0. The molecule has 8 nitrogen and oxygen atoms in total. The van der Waals surface area contributed by atoms with E-state index in [1.807, 2.05) is 4.90 Å². The van der Waals surface area contributed by atoms with Crippen LogP contribution in [0.4, 0.5) is 5.95 Å². The number of piperazine rings is 1. The van der Waals surface area contributed by atoms with Crippen LogP contribution in [0, 0.1) is 0 Å². The van der Waals surface area contributed by atoms with Crippen molar-refractivity contribution in [2.24, 2.45) is 0 Å². The normalized spacial score (nSPS) is 16.5. The molecule has 8 heteroatoms. The molecule has 0 atom stereocenters. The Morgan fingerprint density at radius 2 is 2.10 bits per heavy atom. The van der Waals surface area contributed by atoms with E-state index < -0.39 is 0 Å². The van der Waals surface area contributed by atoms with Crippen molar-refractivity contribution in [2.75, 3.05) is 31.9 Å². The molecule has 0 spiro atoms. The number of fused-ring (bicyclic) bond motifs is 1. The first kappa shape index (κ1) is 13.6. The lowest BCUT2D eigenvalue weighted by atomic mass is 10.2. The lowest BCUT2D eigenvalue weighted by Crippen LogP contribution is -2.47. The third-order valence-electron chi connectivity index (χ3n) is 3.85. The van der Waals surface area contributed by atoms with Gasteiger partial charge in [-0.1, -0.05) is 0 Å². The van der Waals surface area contributed by atoms with Gasteiger partial charge in [-0.05, 0) is 5.56 Å². The quantitative estimate of drug-likeness (QED) is 0.690. The number of rotatable bonds is 2. The topological polar surface area (TPSA) is 111 Å². The molecule has 112 valence electrons. The summed E-state index contributed by atoms with van der Waals surface area (Å²) in [7, 11) is 0. The van der Waals surface area contributed by atoms with E-state index in [-0.39, 0.29) is 17.4 Å². The zero-order valence-electron chi connectivity index (χ0n) is 11.8. The molecule has 1 aliphatic heterocycles. The number of aromatic nitrogens is 3. The van der Waals surface area contributed by atoms with Crippen LogP contribution in [-0.4, -0.2) is 56.8 Å². The molecule has 2 aromatic heterocycles. The van der Waals surface area contributed by atoms with Crippen molar-refractivity contribution in [3.05, 3.63) is 22.1 Å². The number of nitrogens with two attached hydrogens (primary N) is 1. The maximum atomic E-state index is 12.0. The first-order valence-corrected chi connectivity index (χ1v) is 6.88. The number of nitrogens with zero attached hydrogens (tertiary/aromatic N) is 3. The summed E-state index contributed by atoms with van der Waals surface area (Å²) in [5.74, 6) is 0.217. The molecule has 1 aliphatic rings. The van der Waals surface area contributed by atoms with Crippen LogP contribution in [0.25, 0.3) is 11.0 Å². The first-order valence-electron chi connectivity index (χ1n) is 6.88. The Kier molecular flexibility index (Phi) is 3.38. The van der Waals surface area contributed by atoms with Crippen molar-refractivity contribution in [1.82, 2.24) is 24.8 Å². The number of hydrogen-bond acceptors (Lipinski definition) is 5. The van der Waals surface area contributed by atoms with Crippen LogP contribution in [-0.2, 0) is 11.3 Å². The number of carbonyl (C=O) groups excluding carboxylic acids is 1. The molecule has 3 rings (SSSR count). The van der Waals surface area contributed by atoms with Crippen LogP contribution >= 0.6 is 0 Å². The molecule has 0 unspecified atom stereocenters. The number of H-pyrrole nitrogens is 2. The highest BCUT2D eigenvalue weighted by Crippen LogP contribution is 2.16. The molecule has 2 aromatic rings. The van der Waals surface area contributed by atoms with Crippen molar-refractivity contribution < 1.29 is 4.79 Å². The highest BCUT2D eigenvalue weighted by molar-refractivity contribution is 5.79. The van der Waals surface area contributed by atoms with Crippen LogP contribution in [0.2, 0.25) is 0 Å². The fourth-order valence-electron chi connectivity index (χ4n) is 2.71. The third kappa shape index (κ3) is 2.62. The second-order valence-electron chi connectivity index (χ2n) is 5.27. The standard InChI is InChI=1S/C13H18N6O2/c1-8(20)19-4-2-18(3-5-19)7-9-6-15-11-10(9)12(21)17-13(14)16-11/h6H,2-5,7H2,1H3,(H4,14,15,16,17,21). The van der Waals surface area contributed by atoms with Crippen molar-refractivity contribution in [1.29, 1.82) is 0 Å². The van der Waals surface area contributed by atoms with Gasteiger partial charge in [0.25, 0.3) is 5.56 Å². The monoisotopic (exact) mass is 290 g/mol. The van der Waals surface area contributed by atoms with Crippen molar-refractivity contribution >= 4 is 22.9 Å². The summed E-state index contributed by atoms with van der Waals surface area (Å²) in [6.07, 6.45) is 1.80. The molecule has 4 N–H and O–H groups in total. The number of nitrogen functional groups attached to an aromatic ring is 1. The Hall–Kier alpha value is -2.35. The van der Waals surface area contributed by atoms with Gasteiger partial charge in [-0.25, -0.2) is 0 Å². The molecule has 0 bridgehead atoms. The molecular weight excluding hydrogens is 272 g/mol. The Morgan fingerprint density at radius 1 is 1.38 bits per heavy atom. The summed E-state index contributed by atoms with van der Waals surface area (Å²) in [4.78, 5) is 36.9. The third-order valence-corrected chi connectivity index (χ3v) is 3.85. The Balaban J connectivity index is 1.78. The molecule has 0 aliphatic carbocycles. The number of anilines is 1. The van der Waals surface area contributed by atoms with E-state index in [0.29, 0.717) is 17.6 Å². The highest BCUT2D eigenvalue weighted by Gasteiger charge is 2.20. The van der Waals surface area contributed by atoms with E-state index in [1.54, 1.807) is 13.1 Å². The van der Waals surface area contributed by atoms with Gasteiger partial charge in [-0.15, -0.1) is 0 Å². The molecule has 1 amide bonds. The maximum Gasteiger partial charge on any atom is 0.262 e. The van der Waals surface area contributed by atoms with E-state index in [9.17, 15) is 9.59 Å². The summed E-state index contributed by atoms with van der Waals surface area (Å²) in [5, 5.41) is 0.554. The summed E-state index contributed by atoms with van der Waals surface area (Å²) in [5.41, 5.74) is 6.71. The van der Waals surface area contributed by atoms with Gasteiger partial charge in [0, 0.05) is 45.8 Å². The van der Waals surface area contributed by atoms with Crippen LogP contribution in [0.1, 0.15) is 12.5 Å². The molecule has 1 saturated heterocycles. The Morgan fingerprint density at radius 3 is 2.76 bits per heavy atom. The van der Waals surface area contributed by atoms with Gasteiger partial charge in [0.05, 0.1) is 5.39 Å². The lowest BCUT2D eigenvalue weighted by molar-refractivity contribution is -0.130. The van der Waals surface area contributed by atoms with Gasteiger partial charge < -0.3 is 15.6 Å². The van der Waals surface area contributed by atoms with E-state index in [4.69, 9.17) is 5.73 Å². The van der Waals surface area contributed by atoms with Crippen LogP contribution in [0.5, 0.6) is 0 Å². The maximum absolute atomic E-state index is 12.0. The van der Waals surface area contributed by atoms with E-state index in [2.05, 4.69) is 19.9 Å². The highest BCUT2D eigenvalue weighted by atomic mass is 16.2. The molecular formula is C13H18N6O2. The van der Waals surface area contributed by atoms with E-state index in [0.717, 1.165) is 31.7 Å². The van der Waals surface area contributed by atoms with Gasteiger partial charge in [0.2, 0.25) is 11.9 Å². The van der Waals surface area contributed by atoms with Crippen LogP contribution < -0.4 is 11.3 Å². The predicted molar refractivity (Wildman–Crippen MR) is 78.7 cm³/mol. The summed E-state index contributed by atoms with van der Waals surface area (Å²) >= 11 is 0. The lowest BCUT2D eigenvalue weighted by Gasteiger charge is -2.34. The fourth-order valence-corrected chi connectivity index (χ4v) is 2.71. The average Bonchev–Trinajstić information content (AvgIpc) is 2.82. The fraction of sp³-hybridized carbons (Fsp3) is 0.462. The number of nitrogens with one attached hydrogen (secondary N) is 2. The zero-order valence-corrected chi connectivity index (χ0v) is 11.8. The second-order valence-corrected chi connectivity index (χ2v) is 5.27. The van der Waals surface area contributed by atoms with E-state index in [1.165, 1.54) is 0 Å². The van der Waals surface area contributed by atoms with Gasteiger partial charge in [0.1, 0.15) is 5.65 Å². The van der Waals surface area contributed by atoms with E-state index >= 15 is 0 Å². The number of carbonyl (C=O) groups is 1. The van der Waals surface area contributed by atoms with Gasteiger partial charge >= 0.3 is 0 Å². The number of hydrogen-bond donors (Lipinski definition) is 3. The minimum atomic E-state index is -0.226. The SMILES string of the molecule is CC(=O)N1CCN(Cc2c[nH]c3nc(N)[nH]c(=O)c23)CC1. The largest absolute Gasteiger partial charge is 0.369 e. The molecule has 0 saturated carbocycles. The molecule has 21 heavy (non-hydrogen) atoms. The zero-order chi connectivity index (χ0) is 15.0. The summed E-state index contributed by atoms with van der Waals surface area (Å²) in [6.45, 7) is 5.28. The molecule has 0 aromatic carbocycles. The minimum absolute atomic E-state index is 0.107. The van der Waals surface area contributed by atoms with Gasteiger partial charge in [0.15, 0.2) is 0 Å². The second kappa shape index (κ2) is 5.21. The van der Waals surface area contributed by atoms with Crippen LogP contribution in [0.3, 0.4) is 0 Å². The van der Waals surface area contributed by atoms with Crippen molar-refractivity contribution in [2.45, 2.75) is 13.5 Å². The van der Waals surface area contributed by atoms with Crippen LogP contribution in [0.15, 0.2) is 11.0 Å². The van der Waals surface area contributed by atoms with Crippen molar-refractivity contribution in [3.8, 4) is 0 Å². The number of amides is 1. The van der Waals surface area contributed by atoms with Gasteiger partial charge in [-0.2, -0.15) is 4.98 Å². The summed E-state index contributed by atoms with van der Waals surface area (Å²) in [6, 6.07) is 0. The molecule has 0 radical (unpaired) electrons. The Labute approximate surface area is 120 Å². The first-order chi connectivity index (χ1) is 10.0. The Bertz CT molecular complexity index is 726. The van der Waals surface area contributed by atoms with Gasteiger partial charge in [-0.3, -0.25) is 19.5 Å².